The van der Waals surface area contributed by atoms with Crippen molar-refractivity contribution in [2.75, 3.05) is 6.54 Å². The Bertz CT molecular complexity index is 1360. The van der Waals surface area contributed by atoms with Crippen LogP contribution in [0, 0.1) is 0 Å². The molecule has 0 radical (unpaired) electrons. The largest absolute Gasteiger partial charge is 0.573 e. The van der Waals surface area contributed by atoms with Gasteiger partial charge in [-0.15, -0.1) is 13.2 Å². The smallest absolute Gasteiger partial charge is 0.405 e. The molecular weight excluding hydrogens is 489 g/mol. The van der Waals surface area contributed by atoms with E-state index in [-0.39, 0.29) is 28.7 Å². The van der Waals surface area contributed by atoms with Gasteiger partial charge in [0.15, 0.2) is 5.82 Å². The summed E-state index contributed by atoms with van der Waals surface area (Å²) in [5.41, 5.74) is 0.719. The van der Waals surface area contributed by atoms with Crippen LogP contribution in [0.5, 0.6) is 5.75 Å². The maximum absolute atomic E-state index is 13.6. The molecule has 2 aromatic carbocycles. The van der Waals surface area contributed by atoms with Gasteiger partial charge in [-0.3, -0.25) is 4.79 Å². The quantitative estimate of drug-likeness (QED) is 0.383. The van der Waals surface area contributed by atoms with Gasteiger partial charge in [0.05, 0.1) is 35.2 Å². The van der Waals surface area contributed by atoms with Crippen LogP contribution < -0.4 is 4.74 Å². The Balaban J connectivity index is 1.45. The number of nitrogens with zero attached hydrogens (tertiary/aromatic N) is 6. The summed E-state index contributed by atoms with van der Waals surface area (Å²) in [6, 6.07) is 9.72. The molecule has 1 saturated heterocycles. The first-order valence-electron chi connectivity index (χ1n) is 10.5. The maximum Gasteiger partial charge on any atom is 0.573 e. The first-order valence-corrected chi connectivity index (χ1v) is 10.8. The molecule has 0 bridgehead atoms. The van der Waals surface area contributed by atoms with E-state index in [2.05, 4.69) is 25.1 Å². The van der Waals surface area contributed by atoms with E-state index in [1.165, 1.54) is 41.5 Å². The van der Waals surface area contributed by atoms with Crippen LogP contribution in [0.3, 0.4) is 0 Å². The Labute approximate surface area is 201 Å². The van der Waals surface area contributed by atoms with Crippen LogP contribution >= 0.6 is 11.6 Å². The van der Waals surface area contributed by atoms with Crippen molar-refractivity contribution < 1.29 is 27.2 Å². The lowest BCUT2D eigenvalue weighted by molar-refractivity contribution is -0.274. The summed E-state index contributed by atoms with van der Waals surface area (Å²) in [6.45, 7) is 0.416. The lowest BCUT2D eigenvalue weighted by atomic mass is 10.1. The van der Waals surface area contributed by atoms with E-state index < -0.39 is 18.2 Å². The first kappa shape index (κ1) is 22.8. The molecule has 3 heterocycles. The van der Waals surface area contributed by atoms with Gasteiger partial charge in [-0.25, -0.2) is 0 Å². The molecule has 4 aromatic rings. The molecule has 0 spiro atoms. The normalized spacial score (nSPS) is 16.0. The van der Waals surface area contributed by atoms with E-state index in [1.54, 1.807) is 17.0 Å². The van der Waals surface area contributed by atoms with Gasteiger partial charge in [0.1, 0.15) is 5.75 Å². The summed E-state index contributed by atoms with van der Waals surface area (Å²) < 4.78 is 47.7. The highest BCUT2D eigenvalue weighted by Crippen LogP contribution is 2.36. The summed E-state index contributed by atoms with van der Waals surface area (Å²) in [7, 11) is 0. The molecular formula is C22H16ClF3N6O3. The third-order valence-electron chi connectivity index (χ3n) is 5.42. The Morgan fingerprint density at radius 1 is 1.14 bits per heavy atom. The minimum absolute atomic E-state index is 0.0127. The van der Waals surface area contributed by atoms with Crippen LogP contribution in [0.4, 0.5) is 13.2 Å². The van der Waals surface area contributed by atoms with E-state index in [4.69, 9.17) is 16.1 Å². The topological polar surface area (TPSA) is 99.2 Å². The fourth-order valence-corrected chi connectivity index (χ4v) is 4.14. The number of aromatic nitrogens is 5. The lowest BCUT2D eigenvalue weighted by Crippen LogP contribution is -2.32. The molecule has 1 fully saturated rings. The van der Waals surface area contributed by atoms with Gasteiger partial charge in [-0.2, -0.15) is 20.0 Å². The SMILES string of the molecule is O=C(c1cc(Cl)ccc1-n1nccn1)N1CCCC1c1noc(-c2ccccc2OC(F)(F)F)n1. The molecule has 9 nitrogen and oxygen atoms in total. The van der Waals surface area contributed by atoms with E-state index in [0.717, 1.165) is 6.07 Å². The number of hydrogen-bond donors (Lipinski definition) is 0. The molecule has 5 rings (SSSR count). The van der Waals surface area contributed by atoms with E-state index >= 15 is 0 Å². The van der Waals surface area contributed by atoms with Gasteiger partial charge in [0.2, 0.25) is 0 Å². The van der Waals surface area contributed by atoms with Gasteiger partial charge in [-0.1, -0.05) is 28.9 Å². The Morgan fingerprint density at radius 3 is 2.69 bits per heavy atom. The molecule has 1 aliphatic heterocycles. The number of carbonyl (C=O) groups excluding carboxylic acids is 1. The van der Waals surface area contributed by atoms with Crippen molar-refractivity contribution in [3.8, 4) is 22.9 Å². The predicted molar refractivity (Wildman–Crippen MR) is 116 cm³/mol. The molecule has 180 valence electrons. The predicted octanol–water partition coefficient (Wildman–Crippen LogP) is 4.85. The van der Waals surface area contributed by atoms with Gasteiger partial charge in [0, 0.05) is 11.6 Å². The highest BCUT2D eigenvalue weighted by Gasteiger charge is 2.36. The third kappa shape index (κ3) is 4.69. The summed E-state index contributed by atoms with van der Waals surface area (Å²) in [4.78, 5) is 20.7. The van der Waals surface area contributed by atoms with Crippen LogP contribution in [-0.4, -0.2) is 48.8 Å². The number of hydrogen-bond acceptors (Lipinski definition) is 7. The summed E-state index contributed by atoms with van der Waals surface area (Å²) in [5.74, 6) is -0.781. The zero-order valence-corrected chi connectivity index (χ0v) is 18.6. The number of benzene rings is 2. The van der Waals surface area contributed by atoms with Crippen molar-refractivity contribution in [3.05, 3.63) is 71.3 Å². The van der Waals surface area contributed by atoms with Crippen molar-refractivity contribution in [1.29, 1.82) is 0 Å². The van der Waals surface area contributed by atoms with E-state index in [1.807, 2.05) is 0 Å². The average molecular weight is 505 g/mol. The molecule has 0 aliphatic carbocycles. The number of alkyl halides is 3. The average Bonchev–Trinajstić information content (AvgIpc) is 3.59. The molecule has 1 amide bonds. The highest BCUT2D eigenvalue weighted by molar-refractivity contribution is 6.31. The Kier molecular flexibility index (Phi) is 5.89. The second-order valence-electron chi connectivity index (χ2n) is 7.64. The van der Waals surface area contributed by atoms with Crippen molar-refractivity contribution in [1.82, 2.24) is 30.0 Å². The number of likely N-dealkylation sites (tertiary alicyclic amines) is 1. The van der Waals surface area contributed by atoms with Gasteiger partial charge in [-0.05, 0) is 43.2 Å². The first-order chi connectivity index (χ1) is 16.8. The highest BCUT2D eigenvalue weighted by atomic mass is 35.5. The number of carbonyl (C=O) groups is 1. The monoisotopic (exact) mass is 504 g/mol. The van der Waals surface area contributed by atoms with Gasteiger partial charge >= 0.3 is 6.36 Å². The number of rotatable bonds is 5. The van der Waals surface area contributed by atoms with E-state index in [0.29, 0.717) is 30.1 Å². The second kappa shape index (κ2) is 9.02. The summed E-state index contributed by atoms with van der Waals surface area (Å²) >= 11 is 6.16. The van der Waals surface area contributed by atoms with Gasteiger partial charge in [0.25, 0.3) is 11.8 Å². The minimum Gasteiger partial charge on any atom is -0.405 e. The molecule has 0 N–H and O–H groups in total. The van der Waals surface area contributed by atoms with Gasteiger partial charge < -0.3 is 14.2 Å². The lowest BCUT2D eigenvalue weighted by Gasteiger charge is -2.23. The fraction of sp³-hybridized carbons (Fsp3) is 0.227. The van der Waals surface area contributed by atoms with Crippen LogP contribution in [0.15, 0.2) is 59.4 Å². The van der Waals surface area contributed by atoms with Crippen LogP contribution in [0.1, 0.15) is 35.1 Å². The zero-order chi connectivity index (χ0) is 24.6. The molecule has 1 aliphatic rings. The molecule has 1 unspecified atom stereocenters. The molecule has 0 saturated carbocycles. The second-order valence-corrected chi connectivity index (χ2v) is 8.07. The van der Waals surface area contributed by atoms with Crippen LogP contribution in [-0.2, 0) is 0 Å². The number of ether oxygens (including phenoxy) is 1. The summed E-state index contributed by atoms with van der Waals surface area (Å²) in [5, 5.41) is 12.5. The third-order valence-corrected chi connectivity index (χ3v) is 5.65. The minimum atomic E-state index is -4.88. The zero-order valence-electron chi connectivity index (χ0n) is 17.8. The van der Waals surface area contributed by atoms with Crippen LogP contribution in [0.25, 0.3) is 17.1 Å². The number of amides is 1. The standard InChI is InChI=1S/C22H16ClF3N6O3/c23-13-7-8-16(32-27-9-10-28-32)15(12-13)21(33)31-11-3-5-17(31)19-29-20(35-30-19)14-4-1-2-6-18(14)34-22(24,25)26/h1-2,4,6-10,12,17H,3,5,11H2. The molecule has 13 heteroatoms. The summed E-state index contributed by atoms with van der Waals surface area (Å²) in [6.07, 6.45) is -0.692. The molecule has 2 aromatic heterocycles. The van der Waals surface area contributed by atoms with Crippen molar-refractivity contribution >= 4 is 17.5 Å². The van der Waals surface area contributed by atoms with E-state index in [9.17, 15) is 18.0 Å². The van der Waals surface area contributed by atoms with Crippen LogP contribution in [0.2, 0.25) is 5.02 Å². The maximum atomic E-state index is 13.6. The molecule has 35 heavy (non-hydrogen) atoms. The van der Waals surface area contributed by atoms with Crippen molar-refractivity contribution in [2.24, 2.45) is 0 Å². The molecule has 1 atom stereocenters. The Hall–Kier alpha value is -3.93. The fourth-order valence-electron chi connectivity index (χ4n) is 3.96. The number of para-hydroxylation sites is 1. The van der Waals surface area contributed by atoms with Crippen molar-refractivity contribution in [3.63, 3.8) is 0 Å². The van der Waals surface area contributed by atoms with Crippen molar-refractivity contribution in [2.45, 2.75) is 25.2 Å². The number of halogens is 4. The Morgan fingerprint density at radius 2 is 1.91 bits per heavy atom.